The molecule has 5 unspecified atom stereocenters. The summed E-state index contributed by atoms with van der Waals surface area (Å²) in [6.45, 7) is 3.33. The number of carbonyl (C=O) groups is 7. The highest BCUT2D eigenvalue weighted by molar-refractivity contribution is 5.97. The van der Waals surface area contributed by atoms with Crippen molar-refractivity contribution in [1.29, 1.82) is 0 Å². The molecule has 0 saturated carbocycles. The number of nitrogens with two attached hydrogens (primary N) is 4. The Morgan fingerprint density at radius 1 is 0.727 bits per heavy atom. The van der Waals surface area contributed by atoms with E-state index in [1.807, 2.05) is 5.32 Å². The smallest absolute Gasteiger partial charge is 0.326 e. The van der Waals surface area contributed by atoms with Crippen LogP contribution < -0.4 is 38.9 Å². The minimum Gasteiger partial charge on any atom is -0.480 e. The molecule has 12 N–H and O–H groups in total. The lowest BCUT2D eigenvalue weighted by atomic mass is 9.97. The van der Waals surface area contributed by atoms with Gasteiger partial charge in [0.2, 0.25) is 35.4 Å². The number of carboxylic acids is 1. The molecule has 5 atom stereocenters. The summed E-state index contributed by atoms with van der Waals surface area (Å²) >= 11 is 0. The lowest BCUT2D eigenvalue weighted by molar-refractivity contribution is -0.144. The van der Waals surface area contributed by atoms with Crippen LogP contribution in [0, 0.1) is 5.92 Å². The van der Waals surface area contributed by atoms with Crippen molar-refractivity contribution in [3.05, 3.63) is 0 Å². The van der Waals surface area contributed by atoms with Gasteiger partial charge in [-0.1, -0.05) is 20.3 Å². The lowest BCUT2D eigenvalue weighted by Gasteiger charge is -2.27. The summed E-state index contributed by atoms with van der Waals surface area (Å²) in [6, 6.07) is -5.88. The zero-order chi connectivity index (χ0) is 25.9. The van der Waals surface area contributed by atoms with E-state index in [2.05, 4.69) is 10.6 Å². The van der Waals surface area contributed by atoms with Crippen LogP contribution in [0.3, 0.4) is 0 Å². The minimum absolute atomic E-state index is 0.399. The number of carbonyl (C=O) groups excluding carboxylic acids is 6. The van der Waals surface area contributed by atoms with Gasteiger partial charge in [0.05, 0.1) is 25.3 Å². The molecule has 0 radical (unpaired) electrons. The summed E-state index contributed by atoms with van der Waals surface area (Å²) in [5.74, 6) is -7.74. The molecule has 0 aromatic carbocycles. The van der Waals surface area contributed by atoms with Gasteiger partial charge in [-0.15, -0.1) is 0 Å². The average molecular weight is 473 g/mol. The van der Waals surface area contributed by atoms with E-state index in [1.165, 1.54) is 0 Å². The first-order valence-corrected chi connectivity index (χ1v) is 9.93. The fourth-order valence-electron chi connectivity index (χ4n) is 2.62. The zero-order valence-corrected chi connectivity index (χ0v) is 18.3. The summed E-state index contributed by atoms with van der Waals surface area (Å²) in [5, 5.41) is 15.7. The highest BCUT2D eigenvalue weighted by Gasteiger charge is 2.33. The fraction of sp³-hybridized carbons (Fsp3) is 0.611. The summed E-state index contributed by atoms with van der Waals surface area (Å²) < 4.78 is 0. The topological polar surface area (TPSA) is 280 Å². The number of amides is 6. The molecule has 0 aliphatic heterocycles. The second kappa shape index (κ2) is 13.6. The number of primary amides is 3. The number of hydrogen-bond acceptors (Lipinski definition) is 8. The third-order valence-corrected chi connectivity index (χ3v) is 4.61. The molecule has 33 heavy (non-hydrogen) atoms. The van der Waals surface area contributed by atoms with Crippen molar-refractivity contribution in [2.24, 2.45) is 28.9 Å². The van der Waals surface area contributed by atoms with E-state index in [4.69, 9.17) is 28.0 Å². The Kier molecular flexibility index (Phi) is 12.1. The SMILES string of the molecule is CCC(C)C(NC(=O)C(N)CC(N)=O)C(=O)NC(CC(N)=O)C(=O)NC(CC(N)=O)C(=O)O. The van der Waals surface area contributed by atoms with Crippen molar-refractivity contribution >= 4 is 41.4 Å². The second-order valence-corrected chi connectivity index (χ2v) is 7.45. The predicted molar refractivity (Wildman–Crippen MR) is 112 cm³/mol. The molecule has 0 heterocycles. The van der Waals surface area contributed by atoms with Crippen LogP contribution in [0.15, 0.2) is 0 Å². The normalized spacial score (nSPS) is 15.1. The van der Waals surface area contributed by atoms with Gasteiger partial charge in [-0.05, 0) is 5.92 Å². The number of nitrogens with one attached hydrogen (secondary N) is 3. The van der Waals surface area contributed by atoms with Crippen LogP contribution in [-0.4, -0.2) is 70.7 Å². The van der Waals surface area contributed by atoms with Gasteiger partial charge in [-0.2, -0.15) is 0 Å². The largest absolute Gasteiger partial charge is 0.480 e. The van der Waals surface area contributed by atoms with Crippen molar-refractivity contribution in [2.75, 3.05) is 0 Å². The highest BCUT2D eigenvalue weighted by atomic mass is 16.4. The molecule has 0 saturated heterocycles. The van der Waals surface area contributed by atoms with Crippen LogP contribution in [0.2, 0.25) is 0 Å². The van der Waals surface area contributed by atoms with E-state index in [1.54, 1.807) is 13.8 Å². The van der Waals surface area contributed by atoms with Crippen LogP contribution in [0.5, 0.6) is 0 Å². The van der Waals surface area contributed by atoms with Gasteiger partial charge in [0, 0.05) is 0 Å². The maximum absolute atomic E-state index is 12.8. The van der Waals surface area contributed by atoms with Gasteiger partial charge < -0.3 is 44.0 Å². The standard InChI is InChI=1S/C18H31N7O8/c1-3-7(2)14(25-15(29)8(19)4-11(20)26)17(31)23-9(5-12(21)27)16(30)24-10(18(32)33)6-13(22)28/h7-10,14H,3-6,19H2,1-2H3,(H2,20,26)(H2,21,27)(H2,22,28)(H,23,31)(H,24,30)(H,25,29)(H,32,33). The second-order valence-electron chi connectivity index (χ2n) is 7.45. The predicted octanol–water partition coefficient (Wildman–Crippen LogP) is -4.48. The van der Waals surface area contributed by atoms with E-state index >= 15 is 0 Å². The Balaban J connectivity index is 5.61. The average Bonchev–Trinajstić information content (AvgIpc) is 2.68. The Bertz CT molecular complexity index is 788. The number of carboxylic acid groups (broad SMARTS) is 1. The molecule has 15 nitrogen and oxygen atoms in total. The van der Waals surface area contributed by atoms with E-state index in [-0.39, 0.29) is 0 Å². The van der Waals surface area contributed by atoms with Gasteiger partial charge in [0.1, 0.15) is 18.1 Å². The molecule has 0 fully saturated rings. The molecule has 0 spiro atoms. The van der Waals surface area contributed by atoms with Crippen molar-refractivity contribution in [3.8, 4) is 0 Å². The lowest BCUT2D eigenvalue weighted by Crippen LogP contribution is -2.59. The van der Waals surface area contributed by atoms with Crippen molar-refractivity contribution in [2.45, 2.75) is 63.7 Å². The first-order chi connectivity index (χ1) is 15.2. The molecule has 15 heteroatoms. The van der Waals surface area contributed by atoms with Gasteiger partial charge in [-0.3, -0.25) is 28.8 Å². The molecule has 0 rings (SSSR count). The Morgan fingerprint density at radius 2 is 1.18 bits per heavy atom. The Labute approximate surface area is 189 Å². The van der Waals surface area contributed by atoms with E-state index in [0.29, 0.717) is 6.42 Å². The van der Waals surface area contributed by atoms with Crippen molar-refractivity contribution in [1.82, 2.24) is 16.0 Å². The Hall–Kier alpha value is -3.75. The van der Waals surface area contributed by atoms with Crippen molar-refractivity contribution < 1.29 is 38.7 Å². The number of hydrogen-bond donors (Lipinski definition) is 8. The minimum atomic E-state index is -1.71. The highest BCUT2D eigenvalue weighted by Crippen LogP contribution is 2.10. The fourth-order valence-corrected chi connectivity index (χ4v) is 2.62. The van der Waals surface area contributed by atoms with Gasteiger partial charge in [0.15, 0.2) is 0 Å². The molecular weight excluding hydrogens is 442 g/mol. The first kappa shape index (κ1) is 29.2. The molecule has 0 bridgehead atoms. The molecule has 0 aliphatic rings. The van der Waals surface area contributed by atoms with E-state index < -0.39 is 90.8 Å². The van der Waals surface area contributed by atoms with Crippen LogP contribution in [0.1, 0.15) is 39.5 Å². The molecular formula is C18H31N7O8. The van der Waals surface area contributed by atoms with Crippen LogP contribution in [0.25, 0.3) is 0 Å². The van der Waals surface area contributed by atoms with E-state index in [9.17, 15) is 33.6 Å². The molecule has 0 aromatic heterocycles. The van der Waals surface area contributed by atoms with Crippen LogP contribution >= 0.6 is 0 Å². The molecule has 6 amide bonds. The summed E-state index contributed by atoms with van der Waals surface area (Å²) in [5.41, 5.74) is 20.7. The van der Waals surface area contributed by atoms with Crippen LogP contribution in [0.4, 0.5) is 0 Å². The van der Waals surface area contributed by atoms with Gasteiger partial charge in [-0.25, -0.2) is 4.79 Å². The van der Waals surface area contributed by atoms with Gasteiger partial charge in [0.25, 0.3) is 0 Å². The molecule has 0 aromatic rings. The Morgan fingerprint density at radius 3 is 1.61 bits per heavy atom. The van der Waals surface area contributed by atoms with E-state index in [0.717, 1.165) is 0 Å². The quantitative estimate of drug-likeness (QED) is 0.114. The third-order valence-electron chi connectivity index (χ3n) is 4.61. The summed E-state index contributed by atoms with van der Waals surface area (Å²) in [7, 11) is 0. The molecule has 0 aliphatic carbocycles. The maximum Gasteiger partial charge on any atom is 0.326 e. The third kappa shape index (κ3) is 10.9. The first-order valence-electron chi connectivity index (χ1n) is 9.93. The number of rotatable bonds is 15. The van der Waals surface area contributed by atoms with Crippen molar-refractivity contribution in [3.63, 3.8) is 0 Å². The monoisotopic (exact) mass is 473 g/mol. The maximum atomic E-state index is 12.8. The summed E-state index contributed by atoms with van der Waals surface area (Å²) in [6.07, 6.45) is -1.51. The number of aliphatic carboxylic acids is 1. The molecule has 186 valence electrons. The summed E-state index contributed by atoms with van der Waals surface area (Å²) in [4.78, 5) is 82.2. The van der Waals surface area contributed by atoms with Gasteiger partial charge >= 0.3 is 5.97 Å². The zero-order valence-electron chi connectivity index (χ0n) is 18.3. The van der Waals surface area contributed by atoms with Crippen LogP contribution in [-0.2, 0) is 33.6 Å².